The molecule has 8 nitrogen and oxygen atoms in total. The normalized spacial score (nSPS) is 44.9. The molecule has 0 aromatic heterocycles. The molecule has 4 N–H and O–H groups in total. The van der Waals surface area contributed by atoms with Crippen molar-refractivity contribution in [2.24, 2.45) is 0 Å². The summed E-state index contributed by atoms with van der Waals surface area (Å²) < 4.78 is 37.2. The molecule has 1 rings (SSSR count). The van der Waals surface area contributed by atoms with Gasteiger partial charge in [-0.3, -0.25) is 18.6 Å². The van der Waals surface area contributed by atoms with Crippen LogP contribution in [0, 0.1) is 0 Å². The van der Waals surface area contributed by atoms with Gasteiger partial charge in [0, 0.05) is 28.4 Å². The summed E-state index contributed by atoms with van der Waals surface area (Å²) >= 11 is 0. The van der Waals surface area contributed by atoms with Gasteiger partial charge in [0.1, 0.15) is 0 Å². The highest BCUT2D eigenvalue weighted by Gasteiger charge is 2.56. The molecule has 1 saturated heterocycles. The quantitative estimate of drug-likeness (QED) is 0.475. The highest BCUT2D eigenvalue weighted by Crippen LogP contribution is 2.14. The van der Waals surface area contributed by atoms with Crippen molar-refractivity contribution in [2.75, 3.05) is 28.4 Å². The van der Waals surface area contributed by atoms with Crippen molar-refractivity contribution in [3.63, 3.8) is 0 Å². The summed E-state index contributed by atoms with van der Waals surface area (Å²) in [7, 11) is -3.23. The molecule has 2 unspecified atom stereocenters. The van der Waals surface area contributed by atoms with Crippen LogP contribution >= 0.6 is 0 Å². The second-order valence-electron chi connectivity index (χ2n) is 5.36. The Labute approximate surface area is 131 Å². The van der Waals surface area contributed by atoms with E-state index in [-0.39, 0.29) is 0 Å². The summed E-state index contributed by atoms with van der Waals surface area (Å²) in [5.41, 5.74) is 1.81. The van der Waals surface area contributed by atoms with Crippen LogP contribution in [-0.4, -0.2) is 63.0 Å². The minimum Gasteiger partial charge on any atom is -0.396 e. The Balaban J connectivity index is 3.28. The molecule has 0 saturated carbocycles. The fourth-order valence-corrected chi connectivity index (χ4v) is 22.8. The van der Waals surface area contributed by atoms with Gasteiger partial charge < -0.3 is 17.7 Å². The average Bonchev–Trinajstić information content (AvgIpc) is 2.45. The second-order valence-corrected chi connectivity index (χ2v) is 19.1. The molecule has 1 aliphatic rings. The van der Waals surface area contributed by atoms with E-state index in [0.29, 0.717) is 0 Å². The molecule has 1 heterocycles. The summed E-state index contributed by atoms with van der Waals surface area (Å²) in [5.74, 6) is 0. The monoisotopic (exact) mass is 368 g/mol. The van der Waals surface area contributed by atoms with E-state index in [1.165, 1.54) is 0 Å². The molecule has 0 aromatic carbocycles. The topological polar surface area (TPSA) is 85.0 Å². The zero-order chi connectivity index (χ0) is 16.4. The maximum atomic E-state index is 5.76. The smallest absolute Gasteiger partial charge is 0.370 e. The van der Waals surface area contributed by atoms with Gasteiger partial charge in [-0.2, -0.15) is 0 Å². The first kappa shape index (κ1) is 19.3. The molecule has 0 aromatic rings. The van der Waals surface area contributed by atoms with E-state index in [1.807, 2.05) is 25.3 Å². The van der Waals surface area contributed by atoms with Gasteiger partial charge in [0.2, 0.25) is 0 Å². The minimum absolute atomic E-state index is 1.66. The molecular formula is C9H28N4O4Si4. The molecule has 1 aliphatic heterocycles. The predicted octanol–water partition coefficient (Wildman–Crippen LogP) is -0.686. The third-order valence-corrected chi connectivity index (χ3v) is 21.7. The molecule has 124 valence electrons. The Bertz CT molecular complexity index is 371. The second kappa shape index (κ2) is 6.81. The third kappa shape index (κ3) is 4.40. The van der Waals surface area contributed by atoms with Crippen LogP contribution in [0.4, 0.5) is 0 Å². The molecular weight excluding hydrogens is 340 g/mol. The summed E-state index contributed by atoms with van der Waals surface area (Å²) in [6.07, 6.45) is 0. The van der Waals surface area contributed by atoms with Gasteiger partial charge in [0.25, 0.3) is 0 Å². The van der Waals surface area contributed by atoms with Gasteiger partial charge in [0.15, 0.2) is 0 Å². The molecule has 2 atom stereocenters. The molecule has 0 radical (unpaired) electrons. The number of hydrogen-bond acceptors (Lipinski definition) is 8. The van der Waals surface area contributed by atoms with Gasteiger partial charge in [-0.25, -0.2) is 0 Å². The van der Waals surface area contributed by atoms with Crippen LogP contribution in [0.2, 0.25) is 19.6 Å². The largest absolute Gasteiger partial charge is 0.396 e. The fraction of sp³-hybridized carbons (Fsp3) is 0.778. The maximum absolute atomic E-state index is 5.76. The van der Waals surface area contributed by atoms with E-state index in [9.17, 15) is 0 Å². The van der Waals surface area contributed by atoms with Crippen molar-refractivity contribution in [1.29, 1.82) is 0 Å². The lowest BCUT2D eigenvalue weighted by Crippen LogP contribution is -2.92. The van der Waals surface area contributed by atoms with E-state index in [0.717, 1.165) is 0 Å². The van der Waals surface area contributed by atoms with E-state index < -0.39 is 34.6 Å². The van der Waals surface area contributed by atoms with Crippen molar-refractivity contribution in [3.8, 4) is 0 Å². The first-order valence-corrected chi connectivity index (χ1v) is 15.9. The Hall–Kier alpha value is 0.288. The summed E-state index contributed by atoms with van der Waals surface area (Å²) in [6.45, 7) is 10.0. The summed E-state index contributed by atoms with van der Waals surface area (Å²) in [4.78, 5) is 0. The van der Waals surface area contributed by atoms with E-state index in [4.69, 9.17) is 17.7 Å². The molecule has 21 heavy (non-hydrogen) atoms. The predicted molar refractivity (Wildman–Crippen MR) is 91.4 cm³/mol. The van der Waals surface area contributed by atoms with Crippen LogP contribution in [0.25, 0.3) is 0 Å². The molecule has 0 spiro atoms. The van der Waals surface area contributed by atoms with Crippen molar-refractivity contribution in [1.82, 2.24) is 18.6 Å². The Morgan fingerprint density at radius 2 is 1.00 bits per heavy atom. The lowest BCUT2D eigenvalue weighted by molar-refractivity contribution is 0.326. The Morgan fingerprint density at radius 1 is 0.667 bits per heavy atom. The van der Waals surface area contributed by atoms with Crippen molar-refractivity contribution < 1.29 is 17.7 Å². The number of nitrogens with one attached hydrogen (secondary N) is 4. The van der Waals surface area contributed by atoms with Gasteiger partial charge in [-0.15, -0.1) is 6.58 Å². The van der Waals surface area contributed by atoms with Gasteiger partial charge in [-0.1, -0.05) is 0 Å². The van der Waals surface area contributed by atoms with Crippen molar-refractivity contribution >= 4 is 34.6 Å². The van der Waals surface area contributed by atoms with Gasteiger partial charge >= 0.3 is 34.6 Å². The highest BCUT2D eigenvalue weighted by molar-refractivity contribution is 7.02. The average molecular weight is 369 g/mol. The van der Waals surface area contributed by atoms with E-state index >= 15 is 0 Å². The SMILES string of the molecule is C=C[Si]1(OC)N[Si](C)(OC)N[Si](C)(OC)N[Si](C)(OC)N1. The van der Waals surface area contributed by atoms with Crippen LogP contribution in [0.5, 0.6) is 0 Å². The lowest BCUT2D eigenvalue weighted by atomic mass is 11.3. The first-order chi connectivity index (χ1) is 9.63. The zero-order valence-electron chi connectivity index (χ0n) is 13.9. The molecule has 0 bridgehead atoms. The minimum atomic E-state index is -2.62. The molecule has 1 fully saturated rings. The molecule has 0 aliphatic carbocycles. The van der Waals surface area contributed by atoms with Gasteiger partial charge in [-0.05, 0) is 25.3 Å². The zero-order valence-corrected chi connectivity index (χ0v) is 17.9. The van der Waals surface area contributed by atoms with E-state index in [2.05, 4.69) is 25.2 Å². The first-order valence-electron chi connectivity index (χ1n) is 6.65. The van der Waals surface area contributed by atoms with Gasteiger partial charge in [0.05, 0.1) is 0 Å². The van der Waals surface area contributed by atoms with Crippen LogP contribution in [0.1, 0.15) is 0 Å². The van der Waals surface area contributed by atoms with Crippen LogP contribution in [-0.2, 0) is 17.7 Å². The van der Waals surface area contributed by atoms with Crippen LogP contribution in [0.15, 0.2) is 12.3 Å². The molecule has 0 amide bonds. The van der Waals surface area contributed by atoms with Crippen LogP contribution < -0.4 is 18.6 Å². The number of hydrogen-bond donors (Lipinski definition) is 4. The third-order valence-electron chi connectivity index (χ3n) is 3.64. The maximum Gasteiger partial charge on any atom is 0.370 e. The Kier molecular flexibility index (Phi) is 6.27. The van der Waals surface area contributed by atoms with E-state index in [1.54, 1.807) is 28.4 Å². The van der Waals surface area contributed by atoms with Crippen molar-refractivity contribution in [2.45, 2.75) is 19.6 Å². The fourth-order valence-electron chi connectivity index (χ4n) is 2.34. The standard InChI is InChI=1S/C9H28N4O4Si4/c1-9-21(17-5)12-19(7,15-3)10-18(6,14-2)11-20(8,13-21)16-4/h9-13H,1H2,2-8H3. The Morgan fingerprint density at radius 3 is 1.24 bits per heavy atom. The summed E-state index contributed by atoms with van der Waals surface area (Å²) in [5, 5.41) is 0. The number of rotatable bonds is 5. The van der Waals surface area contributed by atoms with Crippen molar-refractivity contribution in [3.05, 3.63) is 12.3 Å². The highest BCUT2D eigenvalue weighted by atomic mass is 28.5. The lowest BCUT2D eigenvalue weighted by Gasteiger charge is -2.48. The van der Waals surface area contributed by atoms with Crippen LogP contribution in [0.3, 0.4) is 0 Å². The molecule has 12 heteroatoms. The summed E-state index contributed by atoms with van der Waals surface area (Å²) in [6, 6.07) is 0.